The van der Waals surface area contributed by atoms with Gasteiger partial charge < -0.3 is 4.74 Å². The van der Waals surface area contributed by atoms with Gasteiger partial charge in [-0.1, -0.05) is 18.9 Å². The summed E-state index contributed by atoms with van der Waals surface area (Å²) in [6, 6.07) is 5.63. The van der Waals surface area contributed by atoms with Crippen molar-refractivity contribution in [2.45, 2.75) is 19.3 Å². The van der Waals surface area contributed by atoms with Gasteiger partial charge in [-0.3, -0.25) is 9.20 Å². The van der Waals surface area contributed by atoms with E-state index in [1.54, 1.807) is 4.40 Å². The minimum Gasteiger partial charge on any atom is -0.476 e. The van der Waals surface area contributed by atoms with E-state index in [9.17, 15) is 4.79 Å². The largest absolute Gasteiger partial charge is 0.476 e. The van der Waals surface area contributed by atoms with Gasteiger partial charge in [0.1, 0.15) is 11.3 Å². The number of hydrogen-bond donors (Lipinski definition) is 0. The van der Waals surface area contributed by atoms with Crippen LogP contribution in [-0.4, -0.2) is 22.3 Å². The number of imidazole rings is 1. The van der Waals surface area contributed by atoms with Gasteiger partial charge in [-0.05, 0) is 24.5 Å². The first-order valence-corrected chi connectivity index (χ1v) is 5.93. The zero-order chi connectivity index (χ0) is 11.7. The van der Waals surface area contributed by atoms with E-state index in [0.29, 0.717) is 18.2 Å². The van der Waals surface area contributed by atoms with Crippen LogP contribution < -0.4 is 4.74 Å². The lowest BCUT2D eigenvalue weighted by atomic mass is 10.3. The molecule has 0 aromatic carbocycles. The van der Waals surface area contributed by atoms with E-state index in [1.165, 1.54) is 12.8 Å². The van der Waals surface area contributed by atoms with Crippen LogP contribution >= 0.6 is 0 Å². The normalized spacial score (nSPS) is 15.1. The predicted octanol–water partition coefficient (Wildman–Crippen LogP) is 2.33. The number of nitrogens with zero attached hydrogens (tertiary/aromatic N) is 2. The van der Waals surface area contributed by atoms with Crippen LogP contribution in [0.3, 0.4) is 0 Å². The lowest BCUT2D eigenvalue weighted by molar-refractivity contribution is 0.111. The van der Waals surface area contributed by atoms with Crippen LogP contribution in [-0.2, 0) is 0 Å². The summed E-state index contributed by atoms with van der Waals surface area (Å²) < 4.78 is 7.35. The maximum Gasteiger partial charge on any atom is 0.243 e. The number of ether oxygens (including phenoxy) is 1. The molecule has 2 aromatic rings. The Labute approximate surface area is 99.2 Å². The van der Waals surface area contributed by atoms with Crippen molar-refractivity contribution < 1.29 is 9.53 Å². The highest BCUT2D eigenvalue weighted by atomic mass is 16.5. The third-order valence-electron chi connectivity index (χ3n) is 3.11. The molecule has 3 rings (SSSR count). The van der Waals surface area contributed by atoms with Crippen LogP contribution in [0.1, 0.15) is 29.8 Å². The molecule has 0 radical (unpaired) electrons. The first kappa shape index (κ1) is 10.3. The first-order valence-electron chi connectivity index (χ1n) is 5.93. The molecule has 0 saturated heterocycles. The third kappa shape index (κ3) is 2.02. The Morgan fingerprint density at radius 2 is 2.35 bits per heavy atom. The van der Waals surface area contributed by atoms with Gasteiger partial charge in [-0.2, -0.15) is 4.98 Å². The molecule has 1 aliphatic rings. The first-order chi connectivity index (χ1) is 8.38. The SMILES string of the molecule is O=Cc1c(OCCC2CC2)nc2ccccn12. The highest BCUT2D eigenvalue weighted by molar-refractivity contribution is 5.78. The Hall–Kier alpha value is -1.84. The number of hydrogen-bond acceptors (Lipinski definition) is 3. The highest BCUT2D eigenvalue weighted by Crippen LogP contribution is 2.32. The van der Waals surface area contributed by atoms with Crippen molar-refractivity contribution in [2.75, 3.05) is 6.61 Å². The van der Waals surface area contributed by atoms with Crippen molar-refractivity contribution in [3.05, 3.63) is 30.1 Å². The van der Waals surface area contributed by atoms with Crippen molar-refractivity contribution in [3.63, 3.8) is 0 Å². The summed E-state index contributed by atoms with van der Waals surface area (Å²) >= 11 is 0. The van der Waals surface area contributed by atoms with E-state index < -0.39 is 0 Å². The van der Waals surface area contributed by atoms with Gasteiger partial charge in [0.25, 0.3) is 0 Å². The molecule has 0 unspecified atom stereocenters. The van der Waals surface area contributed by atoms with Crippen LogP contribution in [0.15, 0.2) is 24.4 Å². The molecule has 0 atom stereocenters. The van der Waals surface area contributed by atoms with Crippen molar-refractivity contribution in [1.29, 1.82) is 0 Å². The number of fused-ring (bicyclic) bond motifs is 1. The van der Waals surface area contributed by atoms with E-state index in [1.807, 2.05) is 24.4 Å². The van der Waals surface area contributed by atoms with Crippen molar-refractivity contribution in [2.24, 2.45) is 5.92 Å². The molecule has 0 spiro atoms. The molecule has 17 heavy (non-hydrogen) atoms. The second-order valence-corrected chi connectivity index (χ2v) is 4.43. The second-order valence-electron chi connectivity index (χ2n) is 4.43. The van der Waals surface area contributed by atoms with Gasteiger partial charge in [-0.25, -0.2) is 0 Å². The molecule has 1 fully saturated rings. The van der Waals surface area contributed by atoms with Crippen LogP contribution in [0.2, 0.25) is 0 Å². The van der Waals surface area contributed by atoms with E-state index in [2.05, 4.69) is 4.98 Å². The van der Waals surface area contributed by atoms with Gasteiger partial charge in [-0.15, -0.1) is 0 Å². The summed E-state index contributed by atoms with van der Waals surface area (Å²) in [6.07, 6.45) is 6.31. The number of carbonyl (C=O) groups is 1. The number of aromatic nitrogens is 2. The molecule has 1 aliphatic carbocycles. The summed E-state index contributed by atoms with van der Waals surface area (Å²) in [5, 5.41) is 0. The topological polar surface area (TPSA) is 43.6 Å². The van der Waals surface area contributed by atoms with Crippen LogP contribution in [0.5, 0.6) is 5.88 Å². The fraction of sp³-hybridized carbons (Fsp3) is 0.385. The minimum absolute atomic E-state index is 0.451. The molecular weight excluding hydrogens is 216 g/mol. The average Bonchev–Trinajstić information content (AvgIpc) is 3.09. The molecule has 1 saturated carbocycles. The molecule has 4 nitrogen and oxygen atoms in total. The summed E-state index contributed by atoms with van der Waals surface area (Å²) in [4.78, 5) is 15.4. The van der Waals surface area contributed by atoms with E-state index >= 15 is 0 Å². The quantitative estimate of drug-likeness (QED) is 0.740. The summed E-state index contributed by atoms with van der Waals surface area (Å²) in [7, 11) is 0. The molecule has 0 aliphatic heterocycles. The van der Waals surface area contributed by atoms with Gasteiger partial charge in [0.05, 0.1) is 6.61 Å². The Morgan fingerprint density at radius 1 is 1.47 bits per heavy atom. The monoisotopic (exact) mass is 230 g/mol. The van der Waals surface area contributed by atoms with E-state index in [0.717, 1.165) is 24.3 Å². The Balaban J connectivity index is 1.83. The minimum atomic E-state index is 0.451. The van der Waals surface area contributed by atoms with Crippen molar-refractivity contribution >= 4 is 11.9 Å². The van der Waals surface area contributed by atoms with Gasteiger partial charge in [0.15, 0.2) is 6.29 Å². The van der Waals surface area contributed by atoms with Crippen molar-refractivity contribution in [1.82, 2.24) is 9.38 Å². The Bertz CT molecular complexity index is 543. The van der Waals surface area contributed by atoms with Gasteiger partial charge in [0.2, 0.25) is 5.88 Å². The molecule has 4 heteroatoms. The fourth-order valence-electron chi connectivity index (χ4n) is 1.94. The summed E-state index contributed by atoms with van der Waals surface area (Å²) in [5.74, 6) is 1.28. The number of carbonyl (C=O) groups excluding carboxylic acids is 1. The maximum absolute atomic E-state index is 11.1. The predicted molar refractivity (Wildman–Crippen MR) is 63.4 cm³/mol. The zero-order valence-electron chi connectivity index (χ0n) is 9.50. The second kappa shape index (κ2) is 4.20. The maximum atomic E-state index is 11.1. The number of aldehydes is 1. The van der Waals surface area contributed by atoms with Gasteiger partial charge in [0, 0.05) is 6.20 Å². The van der Waals surface area contributed by atoms with E-state index in [4.69, 9.17) is 4.74 Å². The summed E-state index contributed by atoms with van der Waals surface area (Å²) in [5.41, 5.74) is 1.24. The Morgan fingerprint density at radius 3 is 3.12 bits per heavy atom. The standard InChI is InChI=1S/C13H14N2O2/c16-9-11-13(17-8-6-10-4-5-10)14-12-3-1-2-7-15(11)12/h1-3,7,9-10H,4-6,8H2. The smallest absolute Gasteiger partial charge is 0.243 e. The van der Waals surface area contributed by atoms with Gasteiger partial charge >= 0.3 is 0 Å². The number of rotatable bonds is 5. The molecule has 0 amide bonds. The molecule has 2 heterocycles. The van der Waals surface area contributed by atoms with Crippen LogP contribution in [0, 0.1) is 5.92 Å². The van der Waals surface area contributed by atoms with Crippen LogP contribution in [0.4, 0.5) is 0 Å². The average molecular weight is 230 g/mol. The molecule has 88 valence electrons. The summed E-state index contributed by atoms with van der Waals surface area (Å²) in [6.45, 7) is 0.648. The molecule has 0 bridgehead atoms. The highest BCUT2D eigenvalue weighted by Gasteiger charge is 2.21. The Kier molecular flexibility index (Phi) is 2.55. The number of pyridine rings is 1. The van der Waals surface area contributed by atoms with E-state index in [-0.39, 0.29) is 0 Å². The zero-order valence-corrected chi connectivity index (χ0v) is 9.50. The molecule has 0 N–H and O–H groups in total. The lowest BCUT2D eigenvalue weighted by Crippen LogP contribution is -2.01. The molecular formula is C13H14N2O2. The van der Waals surface area contributed by atoms with Crippen molar-refractivity contribution in [3.8, 4) is 5.88 Å². The fourth-order valence-corrected chi connectivity index (χ4v) is 1.94. The third-order valence-corrected chi connectivity index (χ3v) is 3.11. The van der Waals surface area contributed by atoms with Crippen LogP contribution in [0.25, 0.3) is 5.65 Å². The lowest BCUT2D eigenvalue weighted by Gasteiger charge is -2.02. The molecule has 2 aromatic heterocycles.